The molecule has 0 bridgehead atoms. The van der Waals surface area contributed by atoms with Gasteiger partial charge in [-0.05, 0) is 51.6 Å². The van der Waals surface area contributed by atoms with Crippen molar-refractivity contribution < 1.29 is 48.8 Å². The van der Waals surface area contributed by atoms with Gasteiger partial charge in [-0.1, -0.05) is 18.7 Å². The van der Waals surface area contributed by atoms with Crippen molar-refractivity contribution in [2.75, 3.05) is 5.32 Å². The number of rotatable bonds is 7. The zero-order valence-electron chi connectivity index (χ0n) is 17.9. The van der Waals surface area contributed by atoms with E-state index in [1.807, 2.05) is 0 Å². The van der Waals surface area contributed by atoms with E-state index in [1.165, 1.54) is 12.1 Å². The van der Waals surface area contributed by atoms with E-state index in [2.05, 4.69) is 38.1 Å². The van der Waals surface area contributed by atoms with Gasteiger partial charge < -0.3 is 10.4 Å². The third-order valence-corrected chi connectivity index (χ3v) is 7.55. The number of hydrogen-bond acceptors (Lipinski definition) is 10. The Morgan fingerprint density at radius 1 is 0.865 bits per heavy atom. The van der Waals surface area contributed by atoms with Crippen LogP contribution in [0.3, 0.4) is 0 Å². The van der Waals surface area contributed by atoms with Crippen molar-refractivity contribution in [2.24, 2.45) is 10.2 Å². The number of nitrogens with zero attached hydrogens (tertiary/aromatic N) is 2. The number of anilines is 1. The van der Waals surface area contributed by atoms with Gasteiger partial charge >= 0.3 is 0 Å². The predicted molar refractivity (Wildman–Crippen MR) is 132 cm³/mol. The first-order valence-corrected chi connectivity index (χ1v) is 14.5. The smallest absolute Gasteiger partial charge is 0.296 e. The number of fused-ring (bicyclic) bond motifs is 1. The van der Waals surface area contributed by atoms with Crippen molar-refractivity contribution in [2.45, 2.75) is 14.7 Å². The molecule has 0 saturated carbocycles. The molecule has 0 aliphatic carbocycles. The number of nitrogens with one attached hydrogen (secondary N) is 1. The lowest BCUT2D eigenvalue weighted by Crippen LogP contribution is -2.12. The molecule has 0 heterocycles. The summed E-state index contributed by atoms with van der Waals surface area (Å²) in [4.78, 5) is 9.55. The van der Waals surface area contributed by atoms with Crippen molar-refractivity contribution in [3.05, 3.63) is 53.5 Å². The summed E-state index contributed by atoms with van der Waals surface area (Å²) in [7, 11) is -14.9. The number of amides is 1. The lowest BCUT2D eigenvalue weighted by molar-refractivity contribution is -0.112. The fourth-order valence-electron chi connectivity index (χ4n) is 3.05. The van der Waals surface area contributed by atoms with E-state index in [9.17, 15) is 48.8 Å². The molecule has 0 unspecified atom stereocenters. The Hall–Kier alpha value is -3.26. The van der Waals surface area contributed by atoms with Crippen LogP contribution in [0.1, 0.15) is 0 Å². The van der Waals surface area contributed by atoms with Crippen LogP contribution >= 0.6 is 15.9 Å². The van der Waals surface area contributed by atoms with Gasteiger partial charge in [0.25, 0.3) is 36.3 Å². The van der Waals surface area contributed by atoms with E-state index in [4.69, 9.17) is 0 Å². The lowest BCUT2D eigenvalue weighted by atomic mass is 10.1. The first-order chi connectivity index (χ1) is 16.9. The second kappa shape index (κ2) is 9.89. The molecule has 37 heavy (non-hydrogen) atoms. The first kappa shape index (κ1) is 28.3. The maximum Gasteiger partial charge on any atom is 0.296 e. The molecule has 3 aromatic rings. The largest absolute Gasteiger partial charge is 0.505 e. The van der Waals surface area contributed by atoms with Crippen molar-refractivity contribution in [1.29, 1.82) is 0 Å². The van der Waals surface area contributed by atoms with Gasteiger partial charge in [0.05, 0.1) is 15.1 Å². The average Bonchev–Trinajstić information content (AvgIpc) is 2.76. The van der Waals surface area contributed by atoms with E-state index in [0.29, 0.717) is 6.07 Å². The topological polar surface area (TPSA) is 237 Å². The summed E-state index contributed by atoms with van der Waals surface area (Å²) in [5, 5.41) is 19.5. The number of phenolic OH excluding ortho intramolecular Hbond substituents is 1. The molecule has 196 valence electrons. The highest BCUT2D eigenvalue weighted by atomic mass is 79.9. The van der Waals surface area contributed by atoms with Gasteiger partial charge in [0, 0.05) is 5.39 Å². The summed E-state index contributed by atoms with van der Waals surface area (Å²) in [5.74, 6) is -1.96. The van der Waals surface area contributed by atoms with Gasteiger partial charge in [-0.2, -0.15) is 25.3 Å². The molecule has 0 spiro atoms. The number of halogens is 1. The highest BCUT2D eigenvalue weighted by molar-refractivity contribution is 9.12. The Morgan fingerprint density at radius 3 is 2.00 bits per heavy atom. The molecule has 14 nitrogen and oxygen atoms in total. The van der Waals surface area contributed by atoms with Crippen molar-refractivity contribution >= 4 is 80.0 Å². The monoisotopic (exact) mass is 635 g/mol. The normalized spacial score (nSPS) is 12.6. The molecular weight excluding hydrogens is 622 g/mol. The maximum atomic E-state index is 12.2. The molecule has 3 aromatic carbocycles. The minimum Gasteiger partial charge on any atom is -0.505 e. The van der Waals surface area contributed by atoms with Gasteiger partial charge in [-0.15, -0.1) is 10.2 Å². The molecule has 0 saturated heterocycles. The minimum atomic E-state index is -5.19. The zero-order valence-corrected chi connectivity index (χ0v) is 21.9. The van der Waals surface area contributed by atoms with Gasteiger partial charge in [-0.25, -0.2) is 0 Å². The molecule has 0 atom stereocenters. The standard InChI is InChI=1S/C19H14BrN3O11S3/c1-9(20)19(25)21-13-8-11(35(26,27)28)6-10-7-15(37(32,33)34)17(18(24)16(10)13)23-22-12-4-2-3-5-14(12)36(29,30)31/h2-8,24H,1H2,(H,21,25)(H,26,27,28)(H,29,30,31)(H,32,33,34). The summed E-state index contributed by atoms with van der Waals surface area (Å²) >= 11 is 2.81. The van der Waals surface area contributed by atoms with Crippen LogP contribution in [0.5, 0.6) is 5.75 Å². The lowest BCUT2D eigenvalue weighted by Gasteiger charge is -2.14. The van der Waals surface area contributed by atoms with Crippen LogP contribution in [0.25, 0.3) is 10.8 Å². The number of hydrogen-bond donors (Lipinski definition) is 5. The number of carbonyl (C=O) groups excluding carboxylic acids is 1. The zero-order chi connectivity index (χ0) is 27.9. The molecule has 0 aliphatic heterocycles. The summed E-state index contributed by atoms with van der Waals surface area (Å²) in [6, 6.07) is 6.76. The van der Waals surface area contributed by atoms with E-state index in [1.54, 1.807) is 0 Å². The second-order valence-electron chi connectivity index (χ2n) is 7.09. The predicted octanol–water partition coefficient (Wildman–Crippen LogP) is 3.55. The Balaban J connectivity index is 2.43. The van der Waals surface area contributed by atoms with Crippen molar-refractivity contribution in [1.82, 2.24) is 0 Å². The summed E-state index contributed by atoms with van der Waals surface area (Å²) in [6.45, 7) is 3.34. The third-order valence-electron chi connectivity index (χ3n) is 4.59. The molecule has 1 amide bonds. The molecule has 18 heteroatoms. The molecule has 0 radical (unpaired) electrons. The van der Waals surface area contributed by atoms with Crippen molar-refractivity contribution in [3.8, 4) is 5.75 Å². The van der Waals surface area contributed by atoms with Crippen LogP contribution in [-0.4, -0.2) is 49.9 Å². The molecule has 3 rings (SSSR count). The number of carbonyl (C=O) groups is 1. The van der Waals surface area contributed by atoms with Crippen LogP contribution in [0.4, 0.5) is 17.1 Å². The Bertz CT molecular complexity index is 1840. The van der Waals surface area contributed by atoms with Gasteiger partial charge in [0.2, 0.25) is 0 Å². The highest BCUT2D eigenvalue weighted by Crippen LogP contribution is 2.45. The van der Waals surface area contributed by atoms with Crippen LogP contribution in [0, 0.1) is 0 Å². The minimum absolute atomic E-state index is 0.228. The maximum absolute atomic E-state index is 12.2. The highest BCUT2D eigenvalue weighted by Gasteiger charge is 2.26. The number of benzene rings is 3. The van der Waals surface area contributed by atoms with Crippen molar-refractivity contribution in [3.63, 3.8) is 0 Å². The van der Waals surface area contributed by atoms with E-state index < -0.39 is 84.5 Å². The molecule has 0 aliphatic rings. The number of phenols is 1. The fourth-order valence-corrected chi connectivity index (χ4v) is 4.98. The van der Waals surface area contributed by atoms with Gasteiger partial charge in [-0.3, -0.25) is 18.5 Å². The quantitative estimate of drug-likeness (QED) is 0.143. The molecule has 5 N–H and O–H groups in total. The average molecular weight is 636 g/mol. The molecule has 0 fully saturated rings. The Labute approximate surface area is 217 Å². The molecular formula is C19H14BrN3O11S3. The summed E-state index contributed by atoms with van der Waals surface area (Å²) < 4.78 is 99.1. The van der Waals surface area contributed by atoms with Crippen LogP contribution in [-0.2, 0) is 35.1 Å². The van der Waals surface area contributed by atoms with Crippen LogP contribution in [0.2, 0.25) is 0 Å². The summed E-state index contributed by atoms with van der Waals surface area (Å²) in [5.41, 5.74) is -1.87. The summed E-state index contributed by atoms with van der Waals surface area (Å²) in [6.07, 6.45) is 0. The number of azo groups is 1. The molecule has 0 aromatic heterocycles. The Morgan fingerprint density at radius 2 is 1.46 bits per heavy atom. The van der Waals surface area contributed by atoms with Crippen LogP contribution in [0.15, 0.2) is 78.4 Å². The van der Waals surface area contributed by atoms with Gasteiger partial charge in [0.1, 0.15) is 21.2 Å². The number of aromatic hydroxyl groups is 1. The van der Waals surface area contributed by atoms with E-state index in [0.717, 1.165) is 24.3 Å². The van der Waals surface area contributed by atoms with E-state index in [-0.39, 0.29) is 4.48 Å². The Kier molecular flexibility index (Phi) is 7.57. The van der Waals surface area contributed by atoms with E-state index >= 15 is 0 Å². The van der Waals surface area contributed by atoms with Crippen LogP contribution < -0.4 is 5.32 Å². The van der Waals surface area contributed by atoms with Gasteiger partial charge in [0.15, 0.2) is 5.75 Å². The third kappa shape index (κ3) is 6.18. The second-order valence-corrected chi connectivity index (χ2v) is 12.3. The first-order valence-electron chi connectivity index (χ1n) is 9.34. The SMILES string of the molecule is C=C(Br)C(=O)Nc1cc(S(=O)(=O)O)cc2cc(S(=O)(=O)O)c(N=Nc3ccccc3S(=O)(=O)O)c(O)c12. The fraction of sp³-hybridized carbons (Fsp3) is 0.